The van der Waals surface area contributed by atoms with Crippen molar-refractivity contribution in [3.05, 3.63) is 29.5 Å². The molecule has 1 aromatic heterocycles. The summed E-state index contributed by atoms with van der Waals surface area (Å²) >= 11 is 0. The van der Waals surface area contributed by atoms with Crippen molar-refractivity contribution in [2.24, 2.45) is 0 Å². The standard InChI is InChI=1S/C11H12N2O3/c1-7-4-10-8(5-9(7)11(15)16)6-12-13(10)2-3-14/h4-6,14H,2-3H2,1H3,(H,15,16). The van der Waals surface area contributed by atoms with Gasteiger partial charge in [0.1, 0.15) is 0 Å². The fourth-order valence-electron chi connectivity index (χ4n) is 1.73. The van der Waals surface area contributed by atoms with E-state index in [1.807, 2.05) is 0 Å². The number of benzene rings is 1. The maximum absolute atomic E-state index is 10.9. The summed E-state index contributed by atoms with van der Waals surface area (Å²) in [5.41, 5.74) is 1.83. The summed E-state index contributed by atoms with van der Waals surface area (Å²) in [5.74, 6) is -0.936. The molecular formula is C11H12N2O3. The maximum atomic E-state index is 10.9. The number of aromatic nitrogens is 2. The average Bonchev–Trinajstić information content (AvgIpc) is 2.60. The number of carbonyl (C=O) groups is 1. The first kappa shape index (κ1) is 10.6. The Balaban J connectivity index is 2.61. The second-order valence-corrected chi connectivity index (χ2v) is 3.62. The summed E-state index contributed by atoms with van der Waals surface area (Å²) in [6.07, 6.45) is 1.61. The fraction of sp³-hybridized carbons (Fsp3) is 0.273. The molecule has 1 heterocycles. The zero-order valence-electron chi connectivity index (χ0n) is 8.84. The number of rotatable bonds is 3. The van der Waals surface area contributed by atoms with E-state index >= 15 is 0 Å². The Morgan fingerprint density at radius 2 is 2.25 bits per heavy atom. The van der Waals surface area contributed by atoms with Crippen LogP contribution in [0.5, 0.6) is 0 Å². The number of carboxylic acids is 1. The first-order valence-corrected chi connectivity index (χ1v) is 4.94. The number of carboxylic acid groups (broad SMARTS) is 1. The summed E-state index contributed by atoms with van der Waals surface area (Å²) < 4.78 is 1.66. The molecule has 2 rings (SSSR count). The molecule has 0 radical (unpaired) electrons. The smallest absolute Gasteiger partial charge is 0.335 e. The van der Waals surface area contributed by atoms with Crippen LogP contribution in [0.4, 0.5) is 0 Å². The molecule has 0 amide bonds. The first-order valence-electron chi connectivity index (χ1n) is 4.94. The van der Waals surface area contributed by atoms with Gasteiger partial charge >= 0.3 is 5.97 Å². The Hall–Kier alpha value is -1.88. The number of aliphatic hydroxyl groups excluding tert-OH is 1. The lowest BCUT2D eigenvalue weighted by atomic mass is 10.1. The van der Waals surface area contributed by atoms with Gasteiger partial charge in [0.2, 0.25) is 0 Å². The van der Waals surface area contributed by atoms with Crippen molar-refractivity contribution < 1.29 is 15.0 Å². The van der Waals surface area contributed by atoms with Gasteiger partial charge in [-0.1, -0.05) is 0 Å². The Labute approximate surface area is 91.9 Å². The van der Waals surface area contributed by atoms with Crippen molar-refractivity contribution in [2.45, 2.75) is 13.5 Å². The molecule has 0 saturated heterocycles. The summed E-state index contributed by atoms with van der Waals surface area (Å²) in [6.45, 7) is 2.17. The van der Waals surface area contributed by atoms with Crippen molar-refractivity contribution in [3.63, 3.8) is 0 Å². The van der Waals surface area contributed by atoms with Crippen LogP contribution in [0.15, 0.2) is 18.3 Å². The Morgan fingerprint density at radius 1 is 1.50 bits per heavy atom. The minimum absolute atomic E-state index is 0.0104. The zero-order chi connectivity index (χ0) is 11.7. The monoisotopic (exact) mass is 220 g/mol. The molecule has 5 nitrogen and oxygen atoms in total. The number of aliphatic hydroxyl groups is 1. The Kier molecular flexibility index (Phi) is 2.62. The third kappa shape index (κ3) is 1.65. The lowest BCUT2D eigenvalue weighted by Gasteiger charge is -2.03. The normalized spacial score (nSPS) is 10.9. The van der Waals surface area contributed by atoms with Gasteiger partial charge < -0.3 is 10.2 Å². The largest absolute Gasteiger partial charge is 0.478 e. The van der Waals surface area contributed by atoms with E-state index in [0.29, 0.717) is 12.1 Å². The molecule has 5 heteroatoms. The summed E-state index contributed by atoms with van der Waals surface area (Å²) in [7, 11) is 0. The fourth-order valence-corrected chi connectivity index (χ4v) is 1.73. The molecule has 84 valence electrons. The van der Waals surface area contributed by atoms with Crippen molar-refractivity contribution in [2.75, 3.05) is 6.61 Å². The molecule has 0 fully saturated rings. The van der Waals surface area contributed by atoms with Crippen molar-refractivity contribution in [1.29, 1.82) is 0 Å². The second kappa shape index (κ2) is 3.94. The topological polar surface area (TPSA) is 75.3 Å². The van der Waals surface area contributed by atoms with Gasteiger partial charge in [0, 0.05) is 5.39 Å². The highest BCUT2D eigenvalue weighted by atomic mass is 16.4. The van der Waals surface area contributed by atoms with E-state index in [2.05, 4.69) is 5.10 Å². The van der Waals surface area contributed by atoms with Crippen LogP contribution in [0.3, 0.4) is 0 Å². The van der Waals surface area contributed by atoms with Crippen LogP contribution in [-0.4, -0.2) is 32.6 Å². The lowest BCUT2D eigenvalue weighted by Crippen LogP contribution is -2.04. The van der Waals surface area contributed by atoms with E-state index in [9.17, 15) is 4.79 Å². The summed E-state index contributed by atoms with van der Waals surface area (Å²) in [5, 5.41) is 22.7. The van der Waals surface area contributed by atoms with Gasteiger partial charge in [0.25, 0.3) is 0 Å². The number of aromatic carboxylic acids is 1. The van der Waals surface area contributed by atoms with Crippen LogP contribution in [0.2, 0.25) is 0 Å². The van der Waals surface area contributed by atoms with E-state index in [-0.39, 0.29) is 12.2 Å². The minimum atomic E-state index is -0.936. The number of nitrogens with zero attached hydrogens (tertiary/aromatic N) is 2. The third-order valence-corrected chi connectivity index (χ3v) is 2.53. The third-order valence-electron chi connectivity index (χ3n) is 2.53. The quantitative estimate of drug-likeness (QED) is 0.810. The maximum Gasteiger partial charge on any atom is 0.335 e. The summed E-state index contributed by atoms with van der Waals surface area (Å²) in [4.78, 5) is 10.9. The SMILES string of the molecule is Cc1cc2c(cnn2CCO)cc1C(=O)O. The molecule has 0 aliphatic heterocycles. The predicted molar refractivity (Wildman–Crippen MR) is 58.5 cm³/mol. The van der Waals surface area contributed by atoms with E-state index in [0.717, 1.165) is 10.9 Å². The van der Waals surface area contributed by atoms with Crippen LogP contribution >= 0.6 is 0 Å². The highest BCUT2D eigenvalue weighted by Gasteiger charge is 2.11. The van der Waals surface area contributed by atoms with Gasteiger partial charge in [-0.15, -0.1) is 0 Å². The van der Waals surface area contributed by atoms with E-state index < -0.39 is 5.97 Å². The Bertz CT molecular complexity index is 545. The molecule has 0 unspecified atom stereocenters. The summed E-state index contributed by atoms with van der Waals surface area (Å²) in [6, 6.07) is 3.38. The molecule has 0 spiro atoms. The van der Waals surface area contributed by atoms with Gasteiger partial charge in [-0.2, -0.15) is 5.10 Å². The van der Waals surface area contributed by atoms with E-state index in [1.165, 1.54) is 0 Å². The van der Waals surface area contributed by atoms with E-state index in [1.54, 1.807) is 29.9 Å². The molecule has 0 bridgehead atoms. The van der Waals surface area contributed by atoms with Crippen molar-refractivity contribution in [1.82, 2.24) is 9.78 Å². The molecule has 2 aromatic rings. The number of aryl methyl sites for hydroxylation is 1. The molecule has 0 atom stereocenters. The first-order chi connectivity index (χ1) is 7.63. The van der Waals surface area contributed by atoms with Gasteiger partial charge in [-0.3, -0.25) is 4.68 Å². The number of fused-ring (bicyclic) bond motifs is 1. The zero-order valence-corrected chi connectivity index (χ0v) is 8.84. The van der Waals surface area contributed by atoms with Gasteiger partial charge in [0.05, 0.1) is 30.4 Å². The van der Waals surface area contributed by atoms with Crippen molar-refractivity contribution in [3.8, 4) is 0 Å². The number of hydrogen-bond acceptors (Lipinski definition) is 3. The Morgan fingerprint density at radius 3 is 2.88 bits per heavy atom. The molecular weight excluding hydrogens is 208 g/mol. The highest BCUT2D eigenvalue weighted by molar-refractivity contribution is 5.95. The highest BCUT2D eigenvalue weighted by Crippen LogP contribution is 2.19. The lowest BCUT2D eigenvalue weighted by molar-refractivity contribution is 0.0696. The van der Waals surface area contributed by atoms with Crippen LogP contribution in [-0.2, 0) is 6.54 Å². The van der Waals surface area contributed by atoms with Crippen LogP contribution < -0.4 is 0 Å². The number of hydrogen-bond donors (Lipinski definition) is 2. The molecule has 0 aliphatic rings. The van der Waals surface area contributed by atoms with Crippen LogP contribution in [0.25, 0.3) is 10.9 Å². The molecule has 16 heavy (non-hydrogen) atoms. The van der Waals surface area contributed by atoms with Crippen LogP contribution in [0, 0.1) is 6.92 Å². The molecule has 2 N–H and O–H groups in total. The van der Waals surface area contributed by atoms with E-state index in [4.69, 9.17) is 10.2 Å². The van der Waals surface area contributed by atoms with Gasteiger partial charge in [-0.05, 0) is 24.6 Å². The van der Waals surface area contributed by atoms with Crippen LogP contribution in [0.1, 0.15) is 15.9 Å². The average molecular weight is 220 g/mol. The molecule has 0 aliphatic carbocycles. The minimum Gasteiger partial charge on any atom is -0.478 e. The van der Waals surface area contributed by atoms with Gasteiger partial charge in [0.15, 0.2) is 0 Å². The van der Waals surface area contributed by atoms with Crippen molar-refractivity contribution >= 4 is 16.9 Å². The molecule has 1 aromatic carbocycles. The predicted octanol–water partition coefficient (Wildman–Crippen LogP) is 1.04. The second-order valence-electron chi connectivity index (χ2n) is 3.62. The van der Waals surface area contributed by atoms with Gasteiger partial charge in [-0.25, -0.2) is 4.79 Å². The molecule has 0 saturated carbocycles.